The van der Waals surface area contributed by atoms with Crippen molar-refractivity contribution in [2.24, 2.45) is 5.92 Å². The van der Waals surface area contributed by atoms with Crippen molar-refractivity contribution in [3.05, 3.63) is 87.7 Å². The van der Waals surface area contributed by atoms with Crippen molar-refractivity contribution in [1.29, 1.82) is 0 Å². The number of aryl methyl sites for hydroxylation is 2. The molecule has 0 fully saturated rings. The summed E-state index contributed by atoms with van der Waals surface area (Å²) in [7, 11) is 0. The molecule has 2 aliphatic heterocycles. The van der Waals surface area contributed by atoms with Crippen LogP contribution in [0, 0.1) is 31.4 Å². The number of hydrogen-bond donors (Lipinski definition) is 1. The Bertz CT molecular complexity index is 1500. The molecule has 1 aromatic heterocycles. The van der Waals surface area contributed by atoms with Gasteiger partial charge in [0.25, 0.3) is 0 Å². The summed E-state index contributed by atoms with van der Waals surface area (Å²) in [5.74, 6) is -2.21. The fraction of sp³-hybridized carbons (Fsp3) is 0.323. The van der Waals surface area contributed by atoms with E-state index in [1.54, 1.807) is 11.1 Å². The van der Waals surface area contributed by atoms with Gasteiger partial charge in [0.05, 0.1) is 22.3 Å². The largest absolute Gasteiger partial charge is 0.330 e. The van der Waals surface area contributed by atoms with Crippen LogP contribution < -0.4 is 5.32 Å². The molecule has 2 bridgehead atoms. The lowest BCUT2D eigenvalue weighted by Crippen LogP contribution is -2.38. The number of carbonyl (C=O) groups is 2. The molecule has 8 heteroatoms. The van der Waals surface area contributed by atoms with E-state index in [0.29, 0.717) is 19.3 Å². The predicted molar refractivity (Wildman–Crippen MR) is 149 cm³/mol. The number of nitrogens with one attached hydrogen (secondary N) is 1. The van der Waals surface area contributed by atoms with E-state index in [-0.39, 0.29) is 52.9 Å². The van der Waals surface area contributed by atoms with Gasteiger partial charge < -0.3 is 10.2 Å². The maximum Gasteiger partial charge on any atom is 0.247 e. The first-order valence-corrected chi connectivity index (χ1v) is 13.5. The quantitative estimate of drug-likeness (QED) is 0.338. The van der Waals surface area contributed by atoms with Gasteiger partial charge in [-0.05, 0) is 91.8 Å². The number of carbonyl (C=O) groups excluding carboxylic acids is 2. The molecular formula is C31H30ClF2N3O2. The first-order chi connectivity index (χ1) is 18.6. The average molecular weight is 550 g/mol. The molecular weight excluding hydrogens is 520 g/mol. The monoisotopic (exact) mass is 549 g/mol. The zero-order chi connectivity index (χ0) is 27.8. The molecule has 2 amide bonds. The average Bonchev–Trinajstić information content (AvgIpc) is 2.91. The fourth-order valence-electron chi connectivity index (χ4n) is 5.41. The van der Waals surface area contributed by atoms with Gasteiger partial charge >= 0.3 is 0 Å². The van der Waals surface area contributed by atoms with Gasteiger partial charge in [0, 0.05) is 36.0 Å². The van der Waals surface area contributed by atoms with Gasteiger partial charge in [-0.15, -0.1) is 0 Å². The third kappa shape index (κ3) is 5.33. The van der Waals surface area contributed by atoms with Crippen molar-refractivity contribution in [3.8, 4) is 11.1 Å². The summed E-state index contributed by atoms with van der Waals surface area (Å²) in [6.45, 7) is 6.23. The molecule has 3 heterocycles. The number of hydrogen-bond acceptors (Lipinski definition) is 3. The van der Waals surface area contributed by atoms with Crippen molar-refractivity contribution in [1.82, 2.24) is 9.88 Å². The standard InChI is InChI=1S/C31H30ClF2N3O2/c1-17-5-4-6-27(37-12-10-21(16-28(37)38)29-24(33)8-7-23(32)30(29)34)26-15-20(9-11-35-26)22-13-18(2)19(3)14-25(22)36-31(17)39/h7-9,11,13-17,27H,4-6,10,12H2,1-3H3,(H,36,39). The Morgan fingerprint density at radius 3 is 2.59 bits per heavy atom. The summed E-state index contributed by atoms with van der Waals surface area (Å²) in [5.41, 5.74) is 5.47. The number of aromatic nitrogens is 1. The molecule has 0 spiro atoms. The Morgan fingerprint density at radius 1 is 1.05 bits per heavy atom. The molecule has 2 unspecified atom stereocenters. The number of rotatable bonds is 2. The maximum absolute atomic E-state index is 14.7. The number of fused-ring (bicyclic) bond motifs is 4. The summed E-state index contributed by atoms with van der Waals surface area (Å²) in [6.07, 6.45) is 5.24. The molecule has 0 saturated heterocycles. The van der Waals surface area contributed by atoms with Gasteiger partial charge in [-0.1, -0.05) is 24.9 Å². The molecule has 0 saturated carbocycles. The highest BCUT2D eigenvalue weighted by atomic mass is 35.5. The van der Waals surface area contributed by atoms with Crippen LogP contribution in [0.25, 0.3) is 16.7 Å². The van der Waals surface area contributed by atoms with Crippen LogP contribution in [0.4, 0.5) is 14.5 Å². The van der Waals surface area contributed by atoms with Gasteiger partial charge in [0.2, 0.25) is 11.8 Å². The Labute approximate surface area is 231 Å². The number of amides is 2. The molecule has 39 heavy (non-hydrogen) atoms. The highest BCUT2D eigenvalue weighted by Crippen LogP contribution is 2.38. The summed E-state index contributed by atoms with van der Waals surface area (Å²) in [5, 5.41) is 2.93. The van der Waals surface area contributed by atoms with E-state index in [2.05, 4.69) is 16.4 Å². The van der Waals surface area contributed by atoms with Gasteiger partial charge in [-0.2, -0.15) is 0 Å². The predicted octanol–water partition coefficient (Wildman–Crippen LogP) is 7.41. The van der Waals surface area contributed by atoms with Crippen LogP contribution in [0.2, 0.25) is 5.02 Å². The molecule has 1 N–H and O–H groups in total. The highest BCUT2D eigenvalue weighted by molar-refractivity contribution is 6.31. The van der Waals surface area contributed by atoms with Crippen molar-refractivity contribution in [2.45, 2.75) is 52.5 Å². The van der Waals surface area contributed by atoms with E-state index in [1.807, 2.05) is 39.0 Å². The third-order valence-electron chi connectivity index (χ3n) is 7.83. The van der Waals surface area contributed by atoms with Gasteiger partial charge in [0.15, 0.2) is 5.82 Å². The minimum absolute atomic E-state index is 0.0434. The van der Waals surface area contributed by atoms with Crippen LogP contribution in [0.3, 0.4) is 0 Å². The van der Waals surface area contributed by atoms with E-state index in [9.17, 15) is 18.4 Å². The van der Waals surface area contributed by atoms with Crippen LogP contribution in [-0.2, 0) is 9.59 Å². The molecule has 5 nitrogen and oxygen atoms in total. The van der Waals surface area contributed by atoms with E-state index in [4.69, 9.17) is 11.6 Å². The van der Waals surface area contributed by atoms with Gasteiger partial charge in [-0.25, -0.2) is 8.78 Å². The van der Waals surface area contributed by atoms with Crippen LogP contribution >= 0.6 is 11.6 Å². The molecule has 202 valence electrons. The summed E-state index contributed by atoms with van der Waals surface area (Å²) in [4.78, 5) is 32.8. The smallest absolute Gasteiger partial charge is 0.247 e. The molecule has 3 aromatic rings. The van der Waals surface area contributed by atoms with Crippen molar-refractivity contribution >= 4 is 34.7 Å². The lowest BCUT2D eigenvalue weighted by atomic mass is 9.92. The third-order valence-corrected chi connectivity index (χ3v) is 8.12. The zero-order valence-corrected chi connectivity index (χ0v) is 22.9. The first kappa shape index (κ1) is 27.0. The maximum atomic E-state index is 14.7. The second-order valence-corrected chi connectivity index (χ2v) is 10.9. The van der Waals surface area contributed by atoms with E-state index in [1.165, 1.54) is 12.1 Å². The number of nitrogens with zero attached hydrogens (tertiary/aromatic N) is 2. The van der Waals surface area contributed by atoms with Crippen molar-refractivity contribution in [3.63, 3.8) is 0 Å². The Morgan fingerprint density at radius 2 is 1.82 bits per heavy atom. The highest BCUT2D eigenvalue weighted by Gasteiger charge is 2.31. The molecule has 2 aliphatic rings. The SMILES string of the molecule is Cc1cc2c(cc1C)-c1ccnc(c1)C(N1CCC(c3c(F)ccc(Cl)c3F)=CC1=O)CCCC(C)C(=O)N2. The fourth-order valence-corrected chi connectivity index (χ4v) is 5.57. The minimum atomic E-state index is -0.860. The van der Waals surface area contributed by atoms with E-state index >= 15 is 0 Å². The summed E-state index contributed by atoms with van der Waals surface area (Å²) < 4.78 is 29.2. The molecule has 2 aromatic carbocycles. The second kappa shape index (κ2) is 10.9. The summed E-state index contributed by atoms with van der Waals surface area (Å²) in [6, 6.07) is 9.85. The van der Waals surface area contributed by atoms with E-state index < -0.39 is 11.6 Å². The molecule has 0 radical (unpaired) electrons. The number of benzene rings is 2. The van der Waals surface area contributed by atoms with Crippen LogP contribution in [-0.4, -0.2) is 28.2 Å². The van der Waals surface area contributed by atoms with Crippen LogP contribution in [0.15, 0.2) is 48.7 Å². The second-order valence-electron chi connectivity index (χ2n) is 10.5. The normalized spacial score (nSPS) is 19.9. The first-order valence-electron chi connectivity index (χ1n) is 13.2. The summed E-state index contributed by atoms with van der Waals surface area (Å²) >= 11 is 5.89. The van der Waals surface area contributed by atoms with E-state index in [0.717, 1.165) is 39.7 Å². The van der Waals surface area contributed by atoms with Crippen LogP contribution in [0.1, 0.15) is 61.0 Å². The molecule has 0 aliphatic carbocycles. The van der Waals surface area contributed by atoms with Crippen molar-refractivity contribution in [2.75, 3.05) is 11.9 Å². The topological polar surface area (TPSA) is 62.3 Å². The Balaban J connectivity index is 1.55. The number of halogens is 3. The van der Waals surface area contributed by atoms with Gasteiger partial charge in [0.1, 0.15) is 5.82 Å². The molecule has 5 rings (SSSR count). The Hall–Kier alpha value is -3.58. The van der Waals surface area contributed by atoms with Gasteiger partial charge in [-0.3, -0.25) is 14.6 Å². The Kier molecular flexibility index (Phi) is 7.54. The molecule has 2 atom stereocenters. The zero-order valence-electron chi connectivity index (χ0n) is 22.2. The van der Waals surface area contributed by atoms with Crippen molar-refractivity contribution < 1.29 is 18.4 Å². The number of pyridine rings is 1. The lowest BCUT2D eigenvalue weighted by molar-refractivity contribution is -0.129. The number of anilines is 1. The van der Waals surface area contributed by atoms with Crippen LogP contribution in [0.5, 0.6) is 0 Å². The lowest BCUT2D eigenvalue weighted by Gasteiger charge is -2.34. The minimum Gasteiger partial charge on any atom is -0.330 e.